The number of hydrogen-bond acceptors (Lipinski definition) is 4. The van der Waals surface area contributed by atoms with Gasteiger partial charge in [0.15, 0.2) is 11.5 Å². The molecule has 4 heteroatoms. The van der Waals surface area contributed by atoms with Crippen molar-refractivity contribution in [2.24, 2.45) is 0 Å². The second-order valence-corrected chi connectivity index (χ2v) is 6.24. The Hall–Kier alpha value is -1.26. The lowest BCUT2D eigenvalue weighted by molar-refractivity contribution is 0.225. The first-order valence-electron chi connectivity index (χ1n) is 8.35. The van der Waals surface area contributed by atoms with Crippen molar-refractivity contribution >= 4 is 0 Å². The van der Waals surface area contributed by atoms with E-state index in [9.17, 15) is 0 Å². The Morgan fingerprint density at radius 1 is 1.14 bits per heavy atom. The van der Waals surface area contributed by atoms with Gasteiger partial charge in [-0.3, -0.25) is 0 Å². The van der Waals surface area contributed by atoms with E-state index < -0.39 is 0 Å². The molecule has 1 unspecified atom stereocenters. The van der Waals surface area contributed by atoms with Crippen LogP contribution in [-0.4, -0.2) is 63.3 Å². The third kappa shape index (κ3) is 5.18. The van der Waals surface area contributed by atoms with E-state index in [4.69, 9.17) is 9.47 Å². The van der Waals surface area contributed by atoms with Gasteiger partial charge in [0, 0.05) is 12.6 Å². The Morgan fingerprint density at radius 2 is 1.91 bits per heavy atom. The van der Waals surface area contributed by atoms with Crippen LogP contribution < -0.4 is 9.47 Å². The molecule has 1 aliphatic heterocycles. The first-order chi connectivity index (χ1) is 10.7. The second-order valence-electron chi connectivity index (χ2n) is 6.24. The lowest BCUT2D eigenvalue weighted by Gasteiger charge is -2.23. The summed E-state index contributed by atoms with van der Waals surface area (Å²) in [5.74, 6) is 1.65. The number of para-hydroxylation sites is 2. The quantitative estimate of drug-likeness (QED) is 0.723. The van der Waals surface area contributed by atoms with Crippen LogP contribution in [0.5, 0.6) is 11.5 Å². The number of methoxy groups -OCH3 is 1. The van der Waals surface area contributed by atoms with Crippen LogP contribution in [0, 0.1) is 0 Å². The average molecular weight is 306 g/mol. The van der Waals surface area contributed by atoms with Gasteiger partial charge in [-0.2, -0.15) is 0 Å². The van der Waals surface area contributed by atoms with Crippen molar-refractivity contribution in [1.29, 1.82) is 0 Å². The van der Waals surface area contributed by atoms with Crippen LogP contribution in [-0.2, 0) is 0 Å². The van der Waals surface area contributed by atoms with Crippen molar-refractivity contribution in [3.8, 4) is 11.5 Å². The SMILES string of the molecule is COc1ccccc1OCCCN1CCCC(N(C)C)CC1. The van der Waals surface area contributed by atoms with Gasteiger partial charge in [-0.1, -0.05) is 12.1 Å². The number of rotatable bonds is 7. The van der Waals surface area contributed by atoms with Crippen LogP contribution in [0.3, 0.4) is 0 Å². The molecule has 4 nitrogen and oxygen atoms in total. The van der Waals surface area contributed by atoms with Crippen LogP contribution in [0.4, 0.5) is 0 Å². The van der Waals surface area contributed by atoms with E-state index >= 15 is 0 Å². The number of benzene rings is 1. The van der Waals surface area contributed by atoms with E-state index in [1.807, 2.05) is 24.3 Å². The Bertz CT molecular complexity index is 437. The lowest BCUT2D eigenvalue weighted by atomic mass is 10.1. The van der Waals surface area contributed by atoms with Gasteiger partial charge in [0.25, 0.3) is 0 Å². The van der Waals surface area contributed by atoms with Gasteiger partial charge in [0.05, 0.1) is 13.7 Å². The van der Waals surface area contributed by atoms with Crippen LogP contribution in [0.1, 0.15) is 25.7 Å². The minimum absolute atomic E-state index is 0.744. The highest BCUT2D eigenvalue weighted by molar-refractivity contribution is 5.39. The van der Waals surface area contributed by atoms with E-state index in [2.05, 4.69) is 23.9 Å². The minimum Gasteiger partial charge on any atom is -0.493 e. The predicted octanol–water partition coefficient (Wildman–Crippen LogP) is 2.88. The van der Waals surface area contributed by atoms with Gasteiger partial charge in [-0.05, 0) is 65.0 Å². The zero-order valence-corrected chi connectivity index (χ0v) is 14.3. The number of likely N-dealkylation sites (tertiary alicyclic amines) is 1. The molecular weight excluding hydrogens is 276 g/mol. The minimum atomic E-state index is 0.744. The molecule has 0 saturated carbocycles. The maximum atomic E-state index is 5.85. The van der Waals surface area contributed by atoms with Crippen LogP contribution in [0.15, 0.2) is 24.3 Å². The predicted molar refractivity (Wildman–Crippen MR) is 90.9 cm³/mol. The molecule has 1 heterocycles. The molecule has 124 valence electrons. The fraction of sp³-hybridized carbons (Fsp3) is 0.667. The molecule has 0 bridgehead atoms. The smallest absolute Gasteiger partial charge is 0.161 e. The van der Waals surface area contributed by atoms with E-state index in [0.717, 1.165) is 37.1 Å². The normalized spacial score (nSPS) is 19.9. The lowest BCUT2D eigenvalue weighted by Crippen LogP contribution is -2.30. The molecule has 2 rings (SSSR count). The van der Waals surface area contributed by atoms with Gasteiger partial charge < -0.3 is 19.3 Å². The number of ether oxygens (including phenoxy) is 2. The average Bonchev–Trinajstić information content (AvgIpc) is 2.77. The van der Waals surface area contributed by atoms with E-state index in [0.29, 0.717) is 0 Å². The Labute approximate surface area is 135 Å². The number of hydrogen-bond donors (Lipinski definition) is 0. The Kier molecular flexibility index (Phi) is 7.00. The molecule has 1 saturated heterocycles. The summed E-state index contributed by atoms with van der Waals surface area (Å²) in [5.41, 5.74) is 0. The van der Waals surface area contributed by atoms with Crippen molar-refractivity contribution in [3.63, 3.8) is 0 Å². The highest BCUT2D eigenvalue weighted by atomic mass is 16.5. The van der Waals surface area contributed by atoms with Crippen LogP contribution in [0.25, 0.3) is 0 Å². The summed E-state index contributed by atoms with van der Waals surface area (Å²) in [6.45, 7) is 4.29. The fourth-order valence-electron chi connectivity index (χ4n) is 3.09. The Morgan fingerprint density at radius 3 is 2.64 bits per heavy atom. The maximum Gasteiger partial charge on any atom is 0.161 e. The first-order valence-corrected chi connectivity index (χ1v) is 8.35. The Balaban J connectivity index is 1.68. The molecule has 0 N–H and O–H groups in total. The van der Waals surface area contributed by atoms with Gasteiger partial charge in [-0.25, -0.2) is 0 Å². The molecule has 0 radical (unpaired) electrons. The highest BCUT2D eigenvalue weighted by Gasteiger charge is 2.17. The van der Waals surface area contributed by atoms with Gasteiger partial charge in [0.1, 0.15) is 0 Å². The summed E-state index contributed by atoms with van der Waals surface area (Å²) in [6.07, 6.45) is 4.96. The summed E-state index contributed by atoms with van der Waals surface area (Å²) in [5, 5.41) is 0. The summed E-state index contributed by atoms with van der Waals surface area (Å²) >= 11 is 0. The summed E-state index contributed by atoms with van der Waals surface area (Å²) < 4.78 is 11.2. The second kappa shape index (κ2) is 9.01. The molecule has 0 amide bonds. The third-order valence-corrected chi connectivity index (χ3v) is 4.47. The van der Waals surface area contributed by atoms with E-state index in [1.54, 1.807) is 7.11 Å². The van der Waals surface area contributed by atoms with Gasteiger partial charge in [-0.15, -0.1) is 0 Å². The van der Waals surface area contributed by atoms with Gasteiger partial charge >= 0.3 is 0 Å². The van der Waals surface area contributed by atoms with Crippen LogP contribution >= 0.6 is 0 Å². The molecule has 22 heavy (non-hydrogen) atoms. The van der Waals surface area contributed by atoms with E-state index in [-0.39, 0.29) is 0 Å². The monoisotopic (exact) mass is 306 g/mol. The van der Waals surface area contributed by atoms with Crippen molar-refractivity contribution < 1.29 is 9.47 Å². The fourth-order valence-corrected chi connectivity index (χ4v) is 3.09. The first kappa shape index (κ1) is 17.1. The molecule has 0 aliphatic carbocycles. The van der Waals surface area contributed by atoms with Crippen LogP contribution in [0.2, 0.25) is 0 Å². The highest BCUT2D eigenvalue weighted by Crippen LogP contribution is 2.25. The largest absolute Gasteiger partial charge is 0.493 e. The van der Waals surface area contributed by atoms with Crippen molar-refractivity contribution in [3.05, 3.63) is 24.3 Å². The molecule has 1 aromatic carbocycles. The molecule has 1 aliphatic rings. The third-order valence-electron chi connectivity index (χ3n) is 4.47. The molecule has 0 aromatic heterocycles. The zero-order valence-electron chi connectivity index (χ0n) is 14.3. The van der Waals surface area contributed by atoms with Gasteiger partial charge in [0.2, 0.25) is 0 Å². The maximum absolute atomic E-state index is 5.85. The summed E-state index contributed by atoms with van der Waals surface area (Å²) in [4.78, 5) is 4.95. The zero-order chi connectivity index (χ0) is 15.8. The molecule has 0 spiro atoms. The molecule has 1 fully saturated rings. The summed E-state index contributed by atoms with van der Waals surface area (Å²) in [7, 11) is 6.07. The summed E-state index contributed by atoms with van der Waals surface area (Å²) in [6, 6.07) is 8.59. The standard InChI is InChI=1S/C18H30N2O2/c1-19(2)16-8-6-12-20(14-11-16)13-7-15-22-18-10-5-4-9-17(18)21-3/h4-5,9-10,16H,6-8,11-15H2,1-3H3. The van der Waals surface area contributed by atoms with Crippen molar-refractivity contribution in [2.45, 2.75) is 31.7 Å². The molecule has 1 atom stereocenters. The number of nitrogens with zero attached hydrogens (tertiary/aromatic N) is 2. The molecule has 1 aromatic rings. The van der Waals surface area contributed by atoms with Crippen molar-refractivity contribution in [2.75, 3.05) is 47.4 Å². The van der Waals surface area contributed by atoms with Crippen molar-refractivity contribution in [1.82, 2.24) is 9.80 Å². The topological polar surface area (TPSA) is 24.9 Å². The van der Waals surface area contributed by atoms with E-state index in [1.165, 1.54) is 32.4 Å². The molecular formula is C18H30N2O2.